The molecule has 0 radical (unpaired) electrons. The first kappa shape index (κ1) is 42.1. The molecule has 0 bridgehead atoms. The number of likely N-dealkylation sites (N-methyl/N-ethyl adjacent to an activating group) is 1. The van der Waals surface area contributed by atoms with Gasteiger partial charge in [-0.3, -0.25) is 19.1 Å². The maximum Gasteiger partial charge on any atom is 0.416 e. The summed E-state index contributed by atoms with van der Waals surface area (Å²) in [4.78, 5) is 41.9. The third kappa shape index (κ3) is 9.68. The molecule has 1 aliphatic carbocycles. The second-order valence-electron chi connectivity index (χ2n) is 14.5. The van der Waals surface area contributed by atoms with Gasteiger partial charge in [0.25, 0.3) is 11.5 Å². The average molecular weight is 807 g/mol. The van der Waals surface area contributed by atoms with Crippen molar-refractivity contribution in [2.75, 3.05) is 34.2 Å². The third-order valence-corrected chi connectivity index (χ3v) is 10.2. The number of nitrogens with zero attached hydrogens (tertiary/aromatic N) is 6. The predicted molar refractivity (Wildman–Crippen MR) is 202 cm³/mol. The maximum absolute atomic E-state index is 14.3. The standard InChI is InChI=1S/C33H35F3N8O3.C6H6O3S/c1-41-28(26-14-17-39-42(26)24-12-10-22(21-37)11-13-24)27(30(46)43(41)25-9-7-8-23(20-25)33(34,35)36)29(45)40-32(15-5-6-16-32)31(47)38-18-19-44(2,3)4;7-10(8,9)6-4-2-1-3-5-6/h7-14,17,20H,5-6,15-16,18-19H2,1-4H3,(H-,38,40,45,47);1-5H,(H,7,8,9). The Kier molecular flexibility index (Phi) is 12.3. The quantitative estimate of drug-likeness (QED) is 0.154. The van der Waals surface area contributed by atoms with Gasteiger partial charge in [0.15, 0.2) is 0 Å². The molecular formula is C39H41F3N8O6S. The van der Waals surface area contributed by atoms with Crippen LogP contribution in [0.3, 0.4) is 0 Å². The maximum atomic E-state index is 14.3. The normalized spacial score (nSPS) is 13.9. The van der Waals surface area contributed by atoms with Crippen molar-refractivity contribution in [3.63, 3.8) is 0 Å². The van der Waals surface area contributed by atoms with E-state index in [4.69, 9.17) is 0 Å². The van der Waals surface area contributed by atoms with Crippen molar-refractivity contribution in [3.8, 4) is 28.8 Å². The lowest BCUT2D eigenvalue weighted by Crippen LogP contribution is -2.58. The summed E-state index contributed by atoms with van der Waals surface area (Å²) in [6.07, 6.45) is -1.11. The Morgan fingerprint density at radius 3 is 2.18 bits per heavy atom. The molecule has 5 aromatic rings. The zero-order valence-electron chi connectivity index (χ0n) is 31.6. The van der Waals surface area contributed by atoms with E-state index >= 15 is 0 Å². The van der Waals surface area contributed by atoms with Crippen LogP contribution in [0.5, 0.6) is 0 Å². The average Bonchev–Trinajstić information content (AvgIpc) is 3.89. The van der Waals surface area contributed by atoms with E-state index in [2.05, 4.69) is 15.7 Å². The van der Waals surface area contributed by atoms with Crippen molar-refractivity contribution in [3.05, 3.63) is 118 Å². The number of aromatic nitrogens is 4. The van der Waals surface area contributed by atoms with Crippen LogP contribution >= 0.6 is 0 Å². The SMILES string of the molecule is Cn1c(-c2ccnn2-c2ccc(C#N)cc2)c(C(=O)NC2(C(=O)NCC[N+](C)(C)C)CCCC2)c(=O)n1-c1cccc(C(F)(F)F)c1.O=S(=O)([O-])c1ccccc1. The van der Waals surface area contributed by atoms with Crippen molar-refractivity contribution < 1.29 is 40.2 Å². The lowest BCUT2D eigenvalue weighted by molar-refractivity contribution is -0.869. The summed E-state index contributed by atoms with van der Waals surface area (Å²) in [5, 5.41) is 19.4. The largest absolute Gasteiger partial charge is 0.744 e. The number of halogens is 3. The van der Waals surface area contributed by atoms with Crippen LogP contribution in [0.4, 0.5) is 13.2 Å². The second kappa shape index (κ2) is 16.6. The predicted octanol–water partition coefficient (Wildman–Crippen LogP) is 4.37. The molecule has 300 valence electrons. The second-order valence-corrected chi connectivity index (χ2v) is 15.9. The summed E-state index contributed by atoms with van der Waals surface area (Å²) in [5.74, 6) is -1.18. The molecule has 2 N–H and O–H groups in total. The highest BCUT2D eigenvalue weighted by Gasteiger charge is 2.44. The molecule has 2 aromatic heterocycles. The van der Waals surface area contributed by atoms with E-state index in [1.807, 2.05) is 27.2 Å². The number of quaternary nitrogens is 1. The van der Waals surface area contributed by atoms with Crippen LogP contribution in [0.2, 0.25) is 0 Å². The molecule has 0 atom stereocenters. The molecule has 2 amide bonds. The van der Waals surface area contributed by atoms with Gasteiger partial charge >= 0.3 is 6.18 Å². The van der Waals surface area contributed by atoms with E-state index in [-0.39, 0.29) is 33.4 Å². The fourth-order valence-corrected chi connectivity index (χ4v) is 6.99. The third-order valence-electron chi connectivity index (χ3n) is 9.38. The number of alkyl halides is 3. The summed E-state index contributed by atoms with van der Waals surface area (Å²) >= 11 is 0. The molecule has 0 unspecified atom stereocenters. The fraction of sp³-hybridized carbons (Fsp3) is 0.308. The monoisotopic (exact) mass is 806 g/mol. The Labute approximate surface area is 327 Å². The van der Waals surface area contributed by atoms with Gasteiger partial charge in [-0.15, -0.1) is 0 Å². The molecule has 3 aromatic carbocycles. The van der Waals surface area contributed by atoms with Crippen LogP contribution in [-0.2, 0) is 28.1 Å². The number of nitriles is 1. The molecule has 2 heterocycles. The summed E-state index contributed by atoms with van der Waals surface area (Å²) in [5.41, 5.74) is -2.28. The Bertz CT molecular complexity index is 2460. The van der Waals surface area contributed by atoms with Crippen molar-refractivity contribution >= 4 is 21.9 Å². The van der Waals surface area contributed by atoms with Gasteiger partial charge in [0.2, 0.25) is 5.91 Å². The number of carbonyl (C=O) groups excluding carboxylic acids is 2. The van der Waals surface area contributed by atoms with Crippen LogP contribution in [0, 0.1) is 11.3 Å². The first-order valence-corrected chi connectivity index (χ1v) is 19.1. The number of hydrogen-bond donors (Lipinski definition) is 2. The van der Waals surface area contributed by atoms with Crippen molar-refractivity contribution in [2.45, 2.75) is 42.3 Å². The van der Waals surface area contributed by atoms with Crippen molar-refractivity contribution in [1.82, 2.24) is 29.8 Å². The smallest absolute Gasteiger partial charge is 0.416 e. The number of rotatable bonds is 10. The number of hydrogen-bond acceptors (Lipinski definition) is 8. The number of carbonyl (C=O) groups is 2. The van der Waals surface area contributed by atoms with Crippen LogP contribution < -0.4 is 16.2 Å². The van der Waals surface area contributed by atoms with Crippen LogP contribution in [0.1, 0.15) is 47.2 Å². The zero-order valence-corrected chi connectivity index (χ0v) is 32.4. The van der Waals surface area contributed by atoms with E-state index in [9.17, 15) is 45.8 Å². The minimum Gasteiger partial charge on any atom is -0.744 e. The highest BCUT2D eigenvalue weighted by atomic mass is 32.2. The van der Waals surface area contributed by atoms with Gasteiger partial charge in [-0.05, 0) is 73.5 Å². The number of amides is 2. The zero-order chi connectivity index (χ0) is 41.8. The van der Waals surface area contributed by atoms with E-state index in [0.717, 1.165) is 16.8 Å². The number of benzene rings is 3. The van der Waals surface area contributed by atoms with Crippen LogP contribution in [0.15, 0.2) is 101 Å². The van der Waals surface area contributed by atoms with Gasteiger partial charge in [-0.25, -0.2) is 17.8 Å². The highest BCUT2D eigenvalue weighted by Crippen LogP contribution is 2.33. The lowest BCUT2D eigenvalue weighted by Gasteiger charge is -2.30. The van der Waals surface area contributed by atoms with Gasteiger partial charge in [0.05, 0.1) is 79.6 Å². The van der Waals surface area contributed by atoms with Crippen LogP contribution in [-0.4, -0.2) is 88.2 Å². The van der Waals surface area contributed by atoms with Gasteiger partial charge in [0.1, 0.15) is 26.9 Å². The van der Waals surface area contributed by atoms with Gasteiger partial charge < -0.3 is 19.7 Å². The Morgan fingerprint density at radius 2 is 1.61 bits per heavy atom. The van der Waals surface area contributed by atoms with Crippen LogP contribution in [0.25, 0.3) is 22.8 Å². The Balaban J connectivity index is 0.000000540. The van der Waals surface area contributed by atoms with E-state index in [1.54, 1.807) is 36.4 Å². The molecule has 0 spiro atoms. The fourth-order valence-electron chi connectivity index (χ4n) is 6.50. The van der Waals surface area contributed by atoms with Gasteiger partial charge in [-0.2, -0.15) is 23.5 Å². The first-order chi connectivity index (χ1) is 26.8. The molecule has 0 aliphatic heterocycles. The molecule has 18 heteroatoms. The highest BCUT2D eigenvalue weighted by molar-refractivity contribution is 7.85. The molecule has 1 aliphatic rings. The summed E-state index contributed by atoms with van der Waals surface area (Å²) in [6.45, 7) is 1.03. The molecule has 1 fully saturated rings. The van der Waals surface area contributed by atoms with E-state index < -0.39 is 38.9 Å². The van der Waals surface area contributed by atoms with Gasteiger partial charge in [-0.1, -0.05) is 37.1 Å². The molecule has 57 heavy (non-hydrogen) atoms. The topological polar surface area (TPSA) is 184 Å². The molecular weight excluding hydrogens is 766 g/mol. The minimum atomic E-state index is -4.67. The summed E-state index contributed by atoms with van der Waals surface area (Å²) in [6, 6.07) is 21.5. The van der Waals surface area contributed by atoms with Crippen molar-refractivity contribution in [2.24, 2.45) is 7.05 Å². The molecule has 0 saturated heterocycles. The first-order valence-electron chi connectivity index (χ1n) is 17.7. The Morgan fingerprint density at radius 1 is 0.965 bits per heavy atom. The van der Waals surface area contributed by atoms with Gasteiger partial charge in [0, 0.05) is 7.05 Å². The summed E-state index contributed by atoms with van der Waals surface area (Å²) in [7, 11) is 3.19. The minimum absolute atomic E-state index is 0.0744. The van der Waals surface area contributed by atoms with Crippen molar-refractivity contribution in [1.29, 1.82) is 5.26 Å². The lowest BCUT2D eigenvalue weighted by atomic mass is 9.95. The van der Waals surface area contributed by atoms with E-state index in [1.165, 1.54) is 59.0 Å². The molecule has 1 saturated carbocycles. The molecule has 6 rings (SSSR count). The summed E-state index contributed by atoms with van der Waals surface area (Å²) < 4.78 is 76.3. The number of nitrogens with one attached hydrogen (secondary N) is 2. The Hall–Kier alpha value is -6.03. The van der Waals surface area contributed by atoms with E-state index in [0.29, 0.717) is 54.5 Å². The molecule has 14 nitrogen and oxygen atoms in total.